The van der Waals surface area contributed by atoms with Crippen LogP contribution in [-0.2, 0) is 11.3 Å². The average molecular weight is 502 g/mol. The van der Waals surface area contributed by atoms with E-state index in [0.717, 1.165) is 46.8 Å². The van der Waals surface area contributed by atoms with E-state index in [2.05, 4.69) is 15.2 Å². The van der Waals surface area contributed by atoms with Crippen LogP contribution in [-0.4, -0.2) is 54.8 Å². The highest BCUT2D eigenvalue weighted by Crippen LogP contribution is 2.31. The number of carbonyl (C=O) groups is 1. The summed E-state index contributed by atoms with van der Waals surface area (Å²) in [6, 6.07) is 9.33. The Morgan fingerprint density at radius 1 is 1.09 bits per heavy atom. The molecule has 1 aromatic heterocycles. The van der Waals surface area contributed by atoms with Crippen LogP contribution in [0.4, 0.5) is 9.52 Å². The van der Waals surface area contributed by atoms with Crippen molar-refractivity contribution in [3.63, 3.8) is 0 Å². The summed E-state index contributed by atoms with van der Waals surface area (Å²) in [5.41, 5.74) is 2.39. The molecule has 3 aromatic rings. The lowest BCUT2D eigenvalue weighted by molar-refractivity contribution is 0.0526. The minimum Gasteiger partial charge on any atom is -0.491 e. The smallest absolute Gasteiger partial charge is 0.338 e. The van der Waals surface area contributed by atoms with E-state index in [4.69, 9.17) is 14.2 Å². The number of rotatable bonds is 10. The van der Waals surface area contributed by atoms with E-state index >= 15 is 0 Å². The molecule has 7 nitrogen and oxygen atoms in total. The van der Waals surface area contributed by atoms with Crippen LogP contribution in [0, 0.1) is 5.82 Å². The Labute approximate surface area is 209 Å². The highest BCUT2D eigenvalue weighted by molar-refractivity contribution is 7.22. The van der Waals surface area contributed by atoms with Gasteiger partial charge in [-0.3, -0.25) is 4.90 Å². The molecule has 9 heteroatoms. The summed E-state index contributed by atoms with van der Waals surface area (Å²) in [4.78, 5) is 19.0. The largest absolute Gasteiger partial charge is 0.491 e. The van der Waals surface area contributed by atoms with E-state index < -0.39 is 5.82 Å². The van der Waals surface area contributed by atoms with E-state index in [1.807, 2.05) is 26.0 Å². The van der Waals surface area contributed by atoms with Gasteiger partial charge < -0.3 is 19.5 Å². The third kappa shape index (κ3) is 6.21. The van der Waals surface area contributed by atoms with Gasteiger partial charge in [-0.2, -0.15) is 4.39 Å². The summed E-state index contributed by atoms with van der Waals surface area (Å²) >= 11 is 1.55. The van der Waals surface area contributed by atoms with E-state index in [1.165, 1.54) is 0 Å². The summed E-state index contributed by atoms with van der Waals surface area (Å²) in [6.45, 7) is 9.19. The van der Waals surface area contributed by atoms with E-state index in [1.54, 1.807) is 36.5 Å². The van der Waals surface area contributed by atoms with Gasteiger partial charge >= 0.3 is 5.97 Å². The number of aromatic nitrogens is 1. The maximum atomic E-state index is 14.5. The van der Waals surface area contributed by atoms with Gasteiger partial charge in [-0.05, 0) is 69.5 Å². The number of piperidine rings is 1. The number of carbonyl (C=O) groups excluding carboxylic acids is 1. The molecule has 4 rings (SSSR count). The van der Waals surface area contributed by atoms with Gasteiger partial charge in [0.05, 0.1) is 35.6 Å². The third-order valence-corrected chi connectivity index (χ3v) is 6.84. The monoisotopic (exact) mass is 501 g/mol. The van der Waals surface area contributed by atoms with Crippen LogP contribution in [0.5, 0.6) is 11.5 Å². The Morgan fingerprint density at radius 2 is 1.77 bits per heavy atom. The third-order valence-electron chi connectivity index (χ3n) is 5.89. The van der Waals surface area contributed by atoms with Crippen molar-refractivity contribution in [2.75, 3.05) is 38.2 Å². The highest BCUT2D eigenvalue weighted by atomic mass is 32.1. The SMILES string of the molecule is CCOC(=O)c1ccc2nc(NC3CCN(Cc4cc(OCC)c(F)c(OCC)c4)CC3)sc2c1. The topological polar surface area (TPSA) is 72.9 Å². The number of anilines is 1. The zero-order valence-electron chi connectivity index (χ0n) is 20.4. The molecule has 0 bridgehead atoms. The van der Waals surface area contributed by atoms with Gasteiger partial charge in [0.2, 0.25) is 5.82 Å². The summed E-state index contributed by atoms with van der Waals surface area (Å²) in [6.07, 6.45) is 1.95. The summed E-state index contributed by atoms with van der Waals surface area (Å²) in [7, 11) is 0. The van der Waals surface area contributed by atoms with Crippen LogP contribution in [0.1, 0.15) is 49.5 Å². The lowest BCUT2D eigenvalue weighted by atomic mass is 10.0. The first-order valence-electron chi connectivity index (χ1n) is 12.1. The predicted octanol–water partition coefficient (Wildman–Crippen LogP) is 5.49. The van der Waals surface area contributed by atoms with E-state index in [-0.39, 0.29) is 17.5 Å². The number of hydrogen-bond acceptors (Lipinski definition) is 8. The van der Waals surface area contributed by atoms with Crippen LogP contribution in [0.2, 0.25) is 0 Å². The fourth-order valence-electron chi connectivity index (χ4n) is 4.23. The minimum atomic E-state index is -0.439. The molecule has 188 valence electrons. The number of halogens is 1. The first-order valence-corrected chi connectivity index (χ1v) is 13.0. The second-order valence-corrected chi connectivity index (χ2v) is 9.42. The molecule has 1 aliphatic heterocycles. The molecule has 0 unspecified atom stereocenters. The van der Waals surface area contributed by atoms with Crippen molar-refractivity contribution in [2.45, 2.75) is 46.2 Å². The van der Waals surface area contributed by atoms with Crippen molar-refractivity contribution in [3.05, 3.63) is 47.3 Å². The van der Waals surface area contributed by atoms with Gasteiger partial charge in [0.15, 0.2) is 16.6 Å². The number of fused-ring (bicyclic) bond motifs is 1. The molecule has 0 spiro atoms. The zero-order valence-corrected chi connectivity index (χ0v) is 21.3. The first-order chi connectivity index (χ1) is 17.0. The fourth-order valence-corrected chi connectivity index (χ4v) is 5.22. The van der Waals surface area contributed by atoms with Crippen molar-refractivity contribution in [3.8, 4) is 11.5 Å². The van der Waals surface area contributed by atoms with Crippen molar-refractivity contribution in [1.82, 2.24) is 9.88 Å². The quantitative estimate of drug-likeness (QED) is 0.369. The van der Waals surface area contributed by atoms with E-state index in [0.29, 0.717) is 38.0 Å². The number of ether oxygens (including phenoxy) is 3. The molecule has 2 aromatic carbocycles. The standard InChI is InChI=1S/C26H32FN3O4S/c1-4-32-21-13-17(14-22(24(21)27)33-5-2)16-30-11-9-19(10-12-30)28-26-29-20-8-7-18(15-23(20)35-26)25(31)34-6-3/h7-8,13-15,19H,4-6,9-12,16H2,1-3H3,(H,28,29). The molecular weight excluding hydrogens is 469 g/mol. The molecule has 1 aliphatic rings. The number of benzene rings is 2. The number of esters is 1. The Morgan fingerprint density at radius 3 is 2.40 bits per heavy atom. The number of hydrogen-bond donors (Lipinski definition) is 1. The minimum absolute atomic E-state index is 0.243. The van der Waals surface area contributed by atoms with Crippen molar-refractivity contribution >= 4 is 32.7 Å². The van der Waals surface area contributed by atoms with Crippen LogP contribution >= 0.6 is 11.3 Å². The summed E-state index contributed by atoms with van der Waals surface area (Å²) in [5, 5.41) is 4.42. The molecule has 0 aliphatic carbocycles. The number of thiazole rings is 1. The first kappa shape index (κ1) is 25.2. The molecule has 2 heterocycles. The number of likely N-dealkylation sites (tertiary alicyclic amines) is 1. The molecule has 35 heavy (non-hydrogen) atoms. The lowest BCUT2D eigenvalue weighted by Gasteiger charge is -2.32. The number of nitrogens with zero attached hydrogens (tertiary/aromatic N) is 2. The molecule has 0 amide bonds. The normalized spacial score (nSPS) is 14.7. The van der Waals surface area contributed by atoms with Gasteiger partial charge in [0.1, 0.15) is 0 Å². The molecule has 0 saturated carbocycles. The maximum Gasteiger partial charge on any atom is 0.338 e. The molecule has 1 fully saturated rings. The highest BCUT2D eigenvalue weighted by Gasteiger charge is 2.22. The van der Waals surface area contributed by atoms with Crippen LogP contribution < -0.4 is 14.8 Å². The Bertz CT molecular complexity index is 1130. The van der Waals surface area contributed by atoms with Gasteiger partial charge in [0.25, 0.3) is 0 Å². The second-order valence-electron chi connectivity index (χ2n) is 8.39. The van der Waals surface area contributed by atoms with Gasteiger partial charge in [-0.1, -0.05) is 11.3 Å². The van der Waals surface area contributed by atoms with Crippen LogP contribution in [0.3, 0.4) is 0 Å². The van der Waals surface area contributed by atoms with Crippen molar-refractivity contribution < 1.29 is 23.4 Å². The summed E-state index contributed by atoms with van der Waals surface area (Å²) in [5.74, 6) is -0.267. The summed E-state index contributed by atoms with van der Waals surface area (Å²) < 4.78 is 31.5. The van der Waals surface area contributed by atoms with E-state index in [9.17, 15) is 9.18 Å². The van der Waals surface area contributed by atoms with Crippen LogP contribution in [0.25, 0.3) is 10.2 Å². The fraction of sp³-hybridized carbons (Fsp3) is 0.462. The molecule has 1 N–H and O–H groups in total. The Kier molecular flexibility index (Phi) is 8.41. The molecular formula is C26H32FN3O4S. The molecule has 1 saturated heterocycles. The Hall–Kier alpha value is -2.91. The van der Waals surface area contributed by atoms with Crippen molar-refractivity contribution in [2.24, 2.45) is 0 Å². The predicted molar refractivity (Wildman–Crippen MR) is 136 cm³/mol. The van der Waals surface area contributed by atoms with Crippen LogP contribution in [0.15, 0.2) is 30.3 Å². The van der Waals surface area contributed by atoms with Gasteiger partial charge in [0, 0.05) is 25.7 Å². The molecule has 0 radical (unpaired) electrons. The maximum absolute atomic E-state index is 14.5. The zero-order chi connectivity index (χ0) is 24.8. The Balaban J connectivity index is 1.35. The van der Waals surface area contributed by atoms with Gasteiger partial charge in [-0.15, -0.1) is 0 Å². The van der Waals surface area contributed by atoms with Crippen molar-refractivity contribution in [1.29, 1.82) is 0 Å². The average Bonchev–Trinajstić information content (AvgIpc) is 3.25. The van der Waals surface area contributed by atoms with Gasteiger partial charge in [-0.25, -0.2) is 9.78 Å². The lowest BCUT2D eigenvalue weighted by Crippen LogP contribution is -2.38. The number of nitrogens with one attached hydrogen (secondary N) is 1. The second kappa shape index (κ2) is 11.7. The molecule has 0 atom stereocenters.